The van der Waals surface area contributed by atoms with Crippen molar-refractivity contribution in [3.8, 4) is 0 Å². The molecule has 1 aromatic heterocycles. The largest absolute Gasteiger partial charge is 0.299 e. The van der Waals surface area contributed by atoms with Crippen molar-refractivity contribution in [3.05, 3.63) is 59.4 Å². The molecule has 4 rings (SSSR count). The minimum absolute atomic E-state index is 1.08. The number of anilines is 2. The molecule has 0 bridgehead atoms. The Morgan fingerprint density at radius 3 is 3.00 bits per heavy atom. The topological polar surface area (TPSA) is 16.1 Å². The van der Waals surface area contributed by atoms with E-state index in [0.29, 0.717) is 0 Å². The fourth-order valence-corrected chi connectivity index (χ4v) is 3.86. The first-order valence-electron chi connectivity index (χ1n) is 7.46. The molecule has 1 aromatic carbocycles. The minimum atomic E-state index is 1.08. The number of benzene rings is 1. The fraction of sp³-hybridized carbons (Fsp3) is 0.278. The van der Waals surface area contributed by atoms with E-state index in [1.54, 1.807) is 17.3 Å². The lowest BCUT2D eigenvalue weighted by molar-refractivity contribution is 0.880. The number of hydrogen-bond acceptors (Lipinski definition) is 3. The van der Waals surface area contributed by atoms with E-state index in [2.05, 4.69) is 52.5 Å². The lowest BCUT2D eigenvalue weighted by atomic mass is 9.99. The van der Waals surface area contributed by atoms with E-state index in [9.17, 15) is 0 Å². The number of fused-ring (bicyclic) bond motifs is 1. The summed E-state index contributed by atoms with van der Waals surface area (Å²) in [5.74, 6) is 1.12. The van der Waals surface area contributed by atoms with Crippen LogP contribution in [0.2, 0.25) is 0 Å². The highest BCUT2D eigenvalue weighted by molar-refractivity contribution is 7.98. The lowest BCUT2D eigenvalue weighted by Crippen LogP contribution is -2.23. The molecule has 1 aliphatic carbocycles. The molecule has 0 spiro atoms. The molecule has 0 amide bonds. The summed E-state index contributed by atoms with van der Waals surface area (Å²) >= 11 is 1.79. The number of allylic oxidation sites excluding steroid dienone is 2. The van der Waals surface area contributed by atoms with Gasteiger partial charge in [0, 0.05) is 22.5 Å². The second kappa shape index (κ2) is 5.23. The Morgan fingerprint density at radius 1 is 1.14 bits per heavy atom. The van der Waals surface area contributed by atoms with Gasteiger partial charge in [0.15, 0.2) is 0 Å². The van der Waals surface area contributed by atoms with Gasteiger partial charge in [-0.05, 0) is 67.3 Å². The number of thioether (sulfide) groups is 1. The van der Waals surface area contributed by atoms with Gasteiger partial charge < -0.3 is 0 Å². The van der Waals surface area contributed by atoms with E-state index in [1.807, 2.05) is 6.20 Å². The zero-order chi connectivity index (χ0) is 14.2. The summed E-state index contributed by atoms with van der Waals surface area (Å²) in [6.45, 7) is 0. The maximum Gasteiger partial charge on any atom is 0.140 e. The van der Waals surface area contributed by atoms with Gasteiger partial charge in [-0.25, -0.2) is 4.98 Å². The van der Waals surface area contributed by atoms with Crippen molar-refractivity contribution >= 4 is 23.3 Å². The van der Waals surface area contributed by atoms with Gasteiger partial charge in [0.25, 0.3) is 0 Å². The maximum atomic E-state index is 4.68. The van der Waals surface area contributed by atoms with Gasteiger partial charge in [-0.1, -0.05) is 12.1 Å². The standard InChI is InChI=1S/C18H18N2S/c1-21-16-8-3-7-15(12-16)20-17-9-2-5-13(17)11-14-6-4-10-19-18(14)20/h3-4,6-8,10,12H,2,5,9,11H2,1H3. The van der Waals surface area contributed by atoms with E-state index in [0.717, 1.165) is 12.2 Å². The minimum Gasteiger partial charge on any atom is -0.299 e. The normalized spacial score (nSPS) is 16.9. The molecule has 0 radical (unpaired) electrons. The molecule has 106 valence electrons. The number of pyridine rings is 1. The molecule has 2 aliphatic rings. The Kier molecular flexibility index (Phi) is 3.23. The van der Waals surface area contributed by atoms with Crippen LogP contribution in [0.1, 0.15) is 24.8 Å². The summed E-state index contributed by atoms with van der Waals surface area (Å²) in [5, 5.41) is 0. The third kappa shape index (κ3) is 2.16. The number of nitrogens with zero attached hydrogens (tertiary/aromatic N) is 2. The first-order valence-corrected chi connectivity index (χ1v) is 8.68. The highest BCUT2D eigenvalue weighted by atomic mass is 32.2. The summed E-state index contributed by atoms with van der Waals surface area (Å²) in [6.07, 6.45) is 8.80. The van der Waals surface area contributed by atoms with Crippen LogP contribution in [-0.2, 0) is 6.42 Å². The third-order valence-corrected chi connectivity index (χ3v) is 5.09. The summed E-state index contributed by atoms with van der Waals surface area (Å²) in [6, 6.07) is 13.1. The molecule has 3 heteroatoms. The van der Waals surface area contributed by atoms with Crippen LogP contribution in [0.15, 0.2) is 58.8 Å². The Morgan fingerprint density at radius 2 is 2.10 bits per heavy atom. The van der Waals surface area contributed by atoms with Gasteiger partial charge in [-0.2, -0.15) is 0 Å². The zero-order valence-corrected chi connectivity index (χ0v) is 13.0. The van der Waals surface area contributed by atoms with Crippen LogP contribution in [0.3, 0.4) is 0 Å². The quantitative estimate of drug-likeness (QED) is 0.730. The molecule has 0 saturated heterocycles. The molecule has 2 heterocycles. The van der Waals surface area contributed by atoms with Gasteiger partial charge in [0.05, 0.1) is 0 Å². The van der Waals surface area contributed by atoms with Crippen LogP contribution in [0.4, 0.5) is 11.5 Å². The average Bonchev–Trinajstić information content (AvgIpc) is 3.00. The molecule has 1 aliphatic heterocycles. The van der Waals surface area contributed by atoms with Gasteiger partial charge in [-0.15, -0.1) is 11.8 Å². The van der Waals surface area contributed by atoms with Crippen LogP contribution in [0, 0.1) is 0 Å². The van der Waals surface area contributed by atoms with E-state index >= 15 is 0 Å². The van der Waals surface area contributed by atoms with Crippen molar-refractivity contribution in [2.75, 3.05) is 11.2 Å². The fourth-order valence-electron chi connectivity index (χ4n) is 3.41. The van der Waals surface area contributed by atoms with Crippen molar-refractivity contribution in [1.29, 1.82) is 0 Å². The molecule has 0 unspecified atom stereocenters. The number of rotatable bonds is 2. The van der Waals surface area contributed by atoms with E-state index in [1.165, 1.54) is 41.1 Å². The molecule has 0 saturated carbocycles. The number of hydrogen-bond donors (Lipinski definition) is 0. The first-order chi connectivity index (χ1) is 10.4. The smallest absolute Gasteiger partial charge is 0.140 e. The molecule has 0 fully saturated rings. The highest BCUT2D eigenvalue weighted by Gasteiger charge is 2.29. The SMILES string of the molecule is CSc1cccc(N2C3=C(CCC3)Cc3cccnc32)c1. The Bertz CT molecular complexity index is 721. The average molecular weight is 294 g/mol. The van der Waals surface area contributed by atoms with Crippen molar-refractivity contribution in [2.45, 2.75) is 30.6 Å². The predicted molar refractivity (Wildman–Crippen MR) is 89.2 cm³/mol. The van der Waals surface area contributed by atoms with Gasteiger partial charge >= 0.3 is 0 Å². The van der Waals surface area contributed by atoms with E-state index in [-0.39, 0.29) is 0 Å². The summed E-state index contributed by atoms with van der Waals surface area (Å²) in [4.78, 5) is 8.37. The van der Waals surface area contributed by atoms with Crippen LogP contribution in [0.5, 0.6) is 0 Å². The van der Waals surface area contributed by atoms with Gasteiger partial charge in [0.1, 0.15) is 5.82 Å². The summed E-state index contributed by atoms with van der Waals surface area (Å²) in [7, 11) is 0. The molecule has 21 heavy (non-hydrogen) atoms. The van der Waals surface area contributed by atoms with Crippen molar-refractivity contribution < 1.29 is 0 Å². The Balaban J connectivity index is 1.88. The summed E-state index contributed by atoms with van der Waals surface area (Å²) < 4.78 is 0. The van der Waals surface area contributed by atoms with Gasteiger partial charge in [0.2, 0.25) is 0 Å². The monoisotopic (exact) mass is 294 g/mol. The Labute approximate surface area is 129 Å². The molecular formula is C18H18N2S. The lowest BCUT2D eigenvalue weighted by Gasteiger charge is -2.32. The van der Waals surface area contributed by atoms with Crippen molar-refractivity contribution in [3.63, 3.8) is 0 Å². The molecule has 0 N–H and O–H groups in total. The van der Waals surface area contributed by atoms with Crippen LogP contribution < -0.4 is 4.90 Å². The molecule has 2 nitrogen and oxygen atoms in total. The van der Waals surface area contributed by atoms with Crippen LogP contribution in [0.25, 0.3) is 0 Å². The van der Waals surface area contributed by atoms with E-state index in [4.69, 9.17) is 0 Å². The second-order valence-corrected chi connectivity index (χ2v) is 6.48. The zero-order valence-electron chi connectivity index (χ0n) is 12.2. The molecule has 2 aromatic rings. The predicted octanol–water partition coefficient (Wildman–Crippen LogP) is 4.94. The van der Waals surface area contributed by atoms with Gasteiger partial charge in [-0.3, -0.25) is 4.90 Å². The van der Waals surface area contributed by atoms with E-state index < -0.39 is 0 Å². The van der Waals surface area contributed by atoms with Crippen LogP contribution in [-0.4, -0.2) is 11.2 Å². The highest BCUT2D eigenvalue weighted by Crippen LogP contribution is 2.44. The second-order valence-electron chi connectivity index (χ2n) is 5.60. The first kappa shape index (κ1) is 13.0. The van der Waals surface area contributed by atoms with Crippen molar-refractivity contribution in [1.82, 2.24) is 4.98 Å². The maximum absolute atomic E-state index is 4.68. The molecule has 0 atom stereocenters. The number of aromatic nitrogens is 1. The van der Waals surface area contributed by atoms with Crippen LogP contribution >= 0.6 is 11.8 Å². The molecular weight excluding hydrogens is 276 g/mol. The Hall–Kier alpha value is -1.74. The van der Waals surface area contributed by atoms with Crippen molar-refractivity contribution in [2.24, 2.45) is 0 Å². The third-order valence-electron chi connectivity index (χ3n) is 4.36. The summed E-state index contributed by atoms with van der Waals surface area (Å²) in [5.41, 5.74) is 5.69.